The van der Waals surface area contributed by atoms with Gasteiger partial charge in [0, 0.05) is 29.7 Å². The maximum absolute atomic E-state index is 9.69. The highest BCUT2D eigenvalue weighted by Crippen LogP contribution is 2.39. The highest BCUT2D eigenvalue weighted by molar-refractivity contribution is 6.03. The summed E-state index contributed by atoms with van der Waals surface area (Å²) in [6, 6.07) is 17.2. The topological polar surface area (TPSA) is 119 Å². The highest BCUT2D eigenvalue weighted by atomic mass is 15.5. The van der Waals surface area contributed by atoms with Crippen molar-refractivity contribution in [3.05, 3.63) is 83.9 Å². The molecule has 5 rings (SSSR count). The van der Waals surface area contributed by atoms with Crippen molar-refractivity contribution in [2.24, 2.45) is 0 Å². The van der Waals surface area contributed by atoms with Gasteiger partial charge in [0.05, 0.1) is 23.0 Å². The van der Waals surface area contributed by atoms with Crippen molar-refractivity contribution < 1.29 is 0 Å². The third-order valence-corrected chi connectivity index (χ3v) is 5.23. The average Bonchev–Trinajstić information content (AvgIpc) is 3.24. The lowest BCUT2D eigenvalue weighted by atomic mass is 9.94. The summed E-state index contributed by atoms with van der Waals surface area (Å²) in [4.78, 5) is 14.8. The number of aromatic nitrogens is 6. The molecule has 0 unspecified atom stereocenters. The smallest absolute Gasteiger partial charge is 0.155 e. The molecule has 4 aromatic heterocycles. The molecule has 0 aliphatic carbocycles. The molecule has 0 saturated heterocycles. The van der Waals surface area contributed by atoms with Crippen LogP contribution in [0.25, 0.3) is 33.4 Å². The van der Waals surface area contributed by atoms with Gasteiger partial charge in [0.25, 0.3) is 0 Å². The third kappa shape index (κ3) is 3.32. The van der Waals surface area contributed by atoms with E-state index in [-0.39, 0.29) is 5.82 Å². The number of nitriles is 1. The van der Waals surface area contributed by atoms with Crippen LogP contribution < -0.4 is 5.73 Å². The molecular formula is C24H18N8. The molecule has 0 aliphatic heterocycles. The number of rotatable bonds is 4. The molecular weight excluding hydrogens is 400 g/mol. The second-order valence-corrected chi connectivity index (χ2v) is 7.32. The van der Waals surface area contributed by atoms with Crippen LogP contribution in [0.2, 0.25) is 0 Å². The van der Waals surface area contributed by atoms with E-state index in [9.17, 15) is 5.26 Å². The molecule has 0 fully saturated rings. The first kappa shape index (κ1) is 19.3. The van der Waals surface area contributed by atoms with Gasteiger partial charge in [-0.15, -0.1) is 5.10 Å². The molecule has 0 aliphatic rings. The minimum atomic E-state index is 0.255. The van der Waals surface area contributed by atoms with Gasteiger partial charge in [-0.25, -0.2) is 4.98 Å². The van der Waals surface area contributed by atoms with E-state index in [0.29, 0.717) is 34.4 Å². The first-order valence-electron chi connectivity index (χ1n) is 10.0. The molecule has 1 aromatic carbocycles. The molecule has 2 N–H and O–H groups in total. The highest BCUT2D eigenvalue weighted by Gasteiger charge is 2.23. The Bertz CT molecular complexity index is 1480. The van der Waals surface area contributed by atoms with E-state index >= 15 is 0 Å². The fourth-order valence-electron chi connectivity index (χ4n) is 3.73. The molecule has 0 saturated carbocycles. The van der Waals surface area contributed by atoms with Gasteiger partial charge in [0.1, 0.15) is 12.1 Å². The van der Waals surface area contributed by atoms with Crippen LogP contribution >= 0.6 is 0 Å². The van der Waals surface area contributed by atoms with Crippen LogP contribution in [0, 0.1) is 18.3 Å². The van der Waals surface area contributed by atoms with Crippen molar-refractivity contribution in [1.29, 1.82) is 5.26 Å². The number of benzene rings is 1. The summed E-state index contributed by atoms with van der Waals surface area (Å²) < 4.78 is 0. The zero-order valence-electron chi connectivity index (χ0n) is 17.3. The maximum Gasteiger partial charge on any atom is 0.155 e. The minimum Gasteiger partial charge on any atom is -0.382 e. The Labute approximate surface area is 184 Å². The van der Waals surface area contributed by atoms with Crippen LogP contribution in [-0.2, 0) is 6.54 Å². The molecule has 0 atom stereocenters. The van der Waals surface area contributed by atoms with Gasteiger partial charge >= 0.3 is 0 Å². The van der Waals surface area contributed by atoms with Crippen molar-refractivity contribution in [3.8, 4) is 28.5 Å². The Kier molecular flexibility index (Phi) is 4.76. The predicted octanol–water partition coefficient (Wildman–Crippen LogP) is 3.76. The van der Waals surface area contributed by atoms with Gasteiger partial charge in [-0.1, -0.05) is 24.3 Å². The Hall–Kier alpha value is -4.64. The number of nitrogen functional groups attached to an aromatic ring is 1. The summed E-state index contributed by atoms with van der Waals surface area (Å²) in [5.41, 5.74) is 12.7. The largest absolute Gasteiger partial charge is 0.382 e. The van der Waals surface area contributed by atoms with Gasteiger partial charge < -0.3 is 5.73 Å². The van der Waals surface area contributed by atoms with Crippen LogP contribution in [0.3, 0.4) is 0 Å². The lowest BCUT2D eigenvalue weighted by Crippen LogP contribution is -2.05. The predicted molar refractivity (Wildman–Crippen MR) is 121 cm³/mol. The molecule has 0 spiro atoms. The van der Waals surface area contributed by atoms with Crippen molar-refractivity contribution in [3.63, 3.8) is 0 Å². The zero-order chi connectivity index (χ0) is 22.1. The molecule has 0 bridgehead atoms. The van der Waals surface area contributed by atoms with Crippen LogP contribution in [0.4, 0.5) is 5.82 Å². The Morgan fingerprint density at radius 2 is 1.78 bits per heavy atom. The average molecular weight is 418 g/mol. The van der Waals surface area contributed by atoms with E-state index in [1.54, 1.807) is 29.5 Å². The lowest BCUT2D eigenvalue weighted by molar-refractivity contribution is 0.591. The zero-order valence-corrected chi connectivity index (χ0v) is 17.3. The lowest BCUT2D eigenvalue weighted by Gasteiger charge is -2.13. The molecule has 8 nitrogen and oxygen atoms in total. The van der Waals surface area contributed by atoms with Crippen molar-refractivity contribution >= 4 is 16.9 Å². The number of pyridine rings is 3. The summed E-state index contributed by atoms with van der Waals surface area (Å²) in [6.45, 7) is 2.37. The van der Waals surface area contributed by atoms with Crippen molar-refractivity contribution in [1.82, 2.24) is 29.9 Å². The number of hydrogen-bond acceptors (Lipinski definition) is 7. The second-order valence-electron chi connectivity index (χ2n) is 7.32. The summed E-state index contributed by atoms with van der Waals surface area (Å²) in [7, 11) is 0. The fraction of sp³-hybridized carbons (Fsp3) is 0.0833. The van der Waals surface area contributed by atoms with Gasteiger partial charge in [0.15, 0.2) is 11.3 Å². The van der Waals surface area contributed by atoms with Crippen molar-refractivity contribution in [2.45, 2.75) is 13.5 Å². The normalized spacial score (nSPS) is 10.9. The second kappa shape index (κ2) is 7.89. The molecule has 5 aromatic rings. The first-order valence-corrected chi connectivity index (χ1v) is 10.0. The quantitative estimate of drug-likeness (QED) is 0.472. The minimum absolute atomic E-state index is 0.255. The van der Waals surface area contributed by atoms with E-state index in [2.05, 4.69) is 21.1 Å². The summed E-state index contributed by atoms with van der Waals surface area (Å²) >= 11 is 0. The van der Waals surface area contributed by atoms with Crippen LogP contribution in [0.15, 0.2) is 67.1 Å². The summed E-state index contributed by atoms with van der Waals surface area (Å²) in [5.74, 6) is 0.255. The van der Waals surface area contributed by atoms with E-state index in [1.807, 2.05) is 49.4 Å². The van der Waals surface area contributed by atoms with Gasteiger partial charge in [-0.3, -0.25) is 9.97 Å². The van der Waals surface area contributed by atoms with E-state index in [1.165, 1.54) is 0 Å². The van der Waals surface area contributed by atoms with Crippen molar-refractivity contribution in [2.75, 3.05) is 5.73 Å². The van der Waals surface area contributed by atoms with Gasteiger partial charge in [0.2, 0.25) is 0 Å². The first-order chi connectivity index (χ1) is 15.7. The van der Waals surface area contributed by atoms with Gasteiger partial charge in [-0.2, -0.15) is 15.2 Å². The van der Waals surface area contributed by atoms with Crippen LogP contribution in [0.1, 0.15) is 16.8 Å². The Morgan fingerprint density at radius 3 is 2.56 bits per heavy atom. The molecule has 32 heavy (non-hydrogen) atoms. The van der Waals surface area contributed by atoms with E-state index in [4.69, 9.17) is 15.8 Å². The molecule has 4 heterocycles. The Balaban J connectivity index is 1.81. The molecule has 0 radical (unpaired) electrons. The number of anilines is 1. The van der Waals surface area contributed by atoms with Crippen LogP contribution in [-0.4, -0.2) is 29.9 Å². The number of nitrogens with zero attached hydrogens (tertiary/aromatic N) is 7. The molecule has 0 amide bonds. The number of hydrogen-bond donors (Lipinski definition) is 1. The number of aryl methyl sites for hydroxylation is 1. The SMILES string of the molecule is Cc1cnccc1-c1c(-c2ccccc2C#N)nc(N)c2nn(Cc3ccccn3)nc12. The van der Waals surface area contributed by atoms with Gasteiger partial charge in [-0.05, 0) is 42.3 Å². The summed E-state index contributed by atoms with van der Waals surface area (Å²) in [6.07, 6.45) is 5.25. The number of fused-ring (bicyclic) bond motifs is 1. The van der Waals surface area contributed by atoms with Crippen LogP contribution in [0.5, 0.6) is 0 Å². The maximum atomic E-state index is 9.69. The standard InChI is InChI=1S/C24H18N8/c1-15-13-27-11-9-18(15)20-21(19-8-3-2-6-16(19)12-25)29-24(26)23-22(20)30-32(31-23)14-17-7-4-5-10-28-17/h2-11,13H,14H2,1H3,(H2,26,29). The summed E-state index contributed by atoms with van der Waals surface area (Å²) in [5, 5.41) is 19.1. The van der Waals surface area contributed by atoms with E-state index < -0.39 is 0 Å². The van der Waals surface area contributed by atoms with E-state index in [0.717, 1.165) is 22.4 Å². The molecule has 8 heteroatoms. The monoisotopic (exact) mass is 418 g/mol. The molecule has 154 valence electrons. The number of nitrogens with two attached hydrogens (primary N) is 1. The Morgan fingerprint density at radius 1 is 0.969 bits per heavy atom. The third-order valence-electron chi connectivity index (χ3n) is 5.23. The fourth-order valence-corrected chi connectivity index (χ4v) is 3.73.